The molecule has 28 heavy (non-hydrogen) atoms. The van der Waals surface area contributed by atoms with Crippen LogP contribution in [-0.2, 0) is 4.79 Å². The first kappa shape index (κ1) is 20.0. The lowest BCUT2D eigenvalue weighted by Crippen LogP contribution is -2.18. The van der Waals surface area contributed by atoms with Crippen LogP contribution in [0.3, 0.4) is 0 Å². The van der Waals surface area contributed by atoms with Gasteiger partial charge in [-0.15, -0.1) is 23.4 Å². The van der Waals surface area contributed by atoms with E-state index in [9.17, 15) is 18.0 Å². The number of ether oxygens (including phenoxy) is 1. The molecule has 0 spiro atoms. The molecular weight excluding hydrogens is 413 g/mol. The van der Waals surface area contributed by atoms with Crippen LogP contribution < -0.4 is 15.8 Å². The summed E-state index contributed by atoms with van der Waals surface area (Å²) in [5.41, 5.74) is 6.76. The fourth-order valence-electron chi connectivity index (χ4n) is 2.19. The molecule has 2 aromatic carbocycles. The number of benzene rings is 2. The van der Waals surface area contributed by atoms with Crippen molar-refractivity contribution in [1.29, 1.82) is 0 Å². The summed E-state index contributed by atoms with van der Waals surface area (Å²) < 4.78 is 40.9. The quantitative estimate of drug-likeness (QED) is 0.541. The van der Waals surface area contributed by atoms with Crippen LogP contribution in [0, 0.1) is 0 Å². The van der Waals surface area contributed by atoms with Crippen molar-refractivity contribution in [3.63, 3.8) is 0 Å². The van der Waals surface area contributed by atoms with Crippen molar-refractivity contribution >= 4 is 39.8 Å². The van der Waals surface area contributed by atoms with Gasteiger partial charge in [0.25, 0.3) is 0 Å². The molecule has 0 fully saturated rings. The van der Waals surface area contributed by atoms with Gasteiger partial charge >= 0.3 is 6.36 Å². The van der Waals surface area contributed by atoms with Crippen LogP contribution in [-0.4, -0.2) is 22.5 Å². The number of hydrogen-bond acceptors (Lipinski definition) is 7. The zero-order chi connectivity index (χ0) is 20.1. The van der Waals surface area contributed by atoms with Crippen LogP contribution in [0.4, 0.5) is 24.0 Å². The van der Waals surface area contributed by atoms with E-state index < -0.39 is 17.5 Å². The average Bonchev–Trinajstić information content (AvgIpc) is 3.08. The number of primary amides is 1. The van der Waals surface area contributed by atoms with Gasteiger partial charge in [-0.25, -0.2) is 0 Å². The van der Waals surface area contributed by atoms with Crippen LogP contribution in [0.1, 0.15) is 10.8 Å². The number of carbonyl (C=O) groups is 1. The number of thioether (sulfide) groups is 1. The smallest absolute Gasteiger partial charge is 0.406 e. The van der Waals surface area contributed by atoms with Gasteiger partial charge in [-0.05, 0) is 29.8 Å². The lowest BCUT2D eigenvalue weighted by molar-refractivity contribution is -0.274. The van der Waals surface area contributed by atoms with E-state index >= 15 is 0 Å². The van der Waals surface area contributed by atoms with E-state index in [1.807, 2.05) is 18.2 Å². The second-order valence-corrected chi connectivity index (χ2v) is 7.71. The molecule has 0 radical (unpaired) electrons. The first-order chi connectivity index (χ1) is 13.3. The van der Waals surface area contributed by atoms with E-state index in [0.717, 1.165) is 5.56 Å². The lowest BCUT2D eigenvalue weighted by atomic mass is 10.1. The zero-order valence-corrected chi connectivity index (χ0v) is 15.6. The van der Waals surface area contributed by atoms with E-state index in [4.69, 9.17) is 5.73 Å². The van der Waals surface area contributed by atoms with Gasteiger partial charge in [0.05, 0.1) is 0 Å². The highest BCUT2D eigenvalue weighted by atomic mass is 32.2. The maximum atomic E-state index is 12.2. The van der Waals surface area contributed by atoms with Crippen LogP contribution in [0.25, 0.3) is 0 Å². The number of halogens is 3. The first-order valence-electron chi connectivity index (χ1n) is 7.77. The minimum atomic E-state index is -4.74. The molecule has 0 saturated heterocycles. The molecule has 0 bridgehead atoms. The second-order valence-electron chi connectivity index (χ2n) is 5.38. The Labute approximate surface area is 165 Å². The molecule has 1 heterocycles. The standard InChI is InChI=1S/C17H13F3N4O2S2/c18-17(19,20)26-12-8-6-11(7-9-12)22-15-23-24-16(28-15)27-13(14(21)25)10-4-2-1-3-5-10/h1-9,13H,(H2,21,25)(H,22,23). The number of aromatic nitrogens is 2. The molecule has 1 aromatic heterocycles. The van der Waals surface area contributed by atoms with Gasteiger partial charge in [-0.3, -0.25) is 4.79 Å². The van der Waals surface area contributed by atoms with Crippen molar-refractivity contribution in [3.05, 3.63) is 60.2 Å². The van der Waals surface area contributed by atoms with Gasteiger partial charge in [0, 0.05) is 5.69 Å². The Balaban J connectivity index is 1.66. The van der Waals surface area contributed by atoms with Crippen molar-refractivity contribution in [1.82, 2.24) is 10.2 Å². The summed E-state index contributed by atoms with van der Waals surface area (Å²) in [5.74, 6) is -0.820. The summed E-state index contributed by atoms with van der Waals surface area (Å²) >= 11 is 2.37. The third kappa shape index (κ3) is 5.60. The maximum Gasteiger partial charge on any atom is 0.573 e. The highest BCUT2D eigenvalue weighted by Crippen LogP contribution is 2.38. The normalized spacial score (nSPS) is 12.4. The van der Waals surface area contributed by atoms with Crippen LogP contribution in [0.5, 0.6) is 5.75 Å². The predicted octanol–water partition coefficient (Wildman–Crippen LogP) is 4.50. The summed E-state index contributed by atoms with van der Waals surface area (Å²) in [5, 5.41) is 10.7. The van der Waals surface area contributed by atoms with E-state index in [2.05, 4.69) is 20.3 Å². The van der Waals surface area contributed by atoms with Gasteiger partial charge in [0.1, 0.15) is 11.0 Å². The third-order valence-electron chi connectivity index (χ3n) is 3.33. The van der Waals surface area contributed by atoms with Crippen LogP contribution in [0.2, 0.25) is 0 Å². The molecule has 3 N–H and O–H groups in total. The van der Waals surface area contributed by atoms with Crippen molar-refractivity contribution in [2.75, 3.05) is 5.32 Å². The molecule has 6 nitrogen and oxygen atoms in total. The first-order valence-corrected chi connectivity index (χ1v) is 9.47. The van der Waals surface area contributed by atoms with Crippen molar-refractivity contribution < 1.29 is 22.7 Å². The average molecular weight is 426 g/mol. The Hall–Kier alpha value is -2.79. The highest BCUT2D eigenvalue weighted by molar-refractivity contribution is 8.01. The van der Waals surface area contributed by atoms with Gasteiger partial charge in [0.15, 0.2) is 4.34 Å². The maximum absolute atomic E-state index is 12.2. The van der Waals surface area contributed by atoms with Gasteiger partial charge in [-0.1, -0.05) is 53.4 Å². The van der Waals surface area contributed by atoms with Crippen molar-refractivity contribution in [3.8, 4) is 5.75 Å². The van der Waals surface area contributed by atoms with E-state index in [0.29, 0.717) is 15.2 Å². The zero-order valence-electron chi connectivity index (χ0n) is 14.0. The minimum absolute atomic E-state index is 0.321. The third-order valence-corrected chi connectivity index (χ3v) is 5.52. The SMILES string of the molecule is NC(=O)C(Sc1nnc(Nc2ccc(OC(F)(F)F)cc2)s1)c1ccccc1. The number of amides is 1. The largest absolute Gasteiger partial charge is 0.573 e. The molecule has 0 saturated carbocycles. The number of nitrogens with zero attached hydrogens (tertiary/aromatic N) is 2. The Kier molecular flexibility index (Phi) is 6.05. The van der Waals surface area contributed by atoms with E-state index in [1.54, 1.807) is 12.1 Å². The van der Waals surface area contributed by atoms with Gasteiger partial charge in [-0.2, -0.15) is 0 Å². The molecule has 3 aromatic rings. The molecular formula is C17H13F3N4O2S2. The van der Waals surface area contributed by atoms with Crippen LogP contribution >= 0.6 is 23.1 Å². The van der Waals surface area contributed by atoms with E-state index in [-0.39, 0.29) is 5.75 Å². The summed E-state index contributed by atoms with van der Waals surface area (Å²) in [6.45, 7) is 0. The monoisotopic (exact) mass is 426 g/mol. The second kappa shape index (κ2) is 8.48. The predicted molar refractivity (Wildman–Crippen MR) is 101 cm³/mol. The molecule has 0 aliphatic rings. The summed E-state index contributed by atoms with van der Waals surface area (Å²) in [4.78, 5) is 11.8. The number of hydrogen-bond donors (Lipinski definition) is 2. The molecule has 1 unspecified atom stereocenters. The molecule has 1 amide bonds. The number of alkyl halides is 3. The molecule has 11 heteroatoms. The summed E-state index contributed by atoms with van der Waals surface area (Å²) in [7, 11) is 0. The topological polar surface area (TPSA) is 90.1 Å². The number of nitrogens with two attached hydrogens (primary N) is 1. The molecule has 0 aliphatic carbocycles. The Morgan fingerprint density at radius 3 is 2.39 bits per heavy atom. The summed E-state index contributed by atoms with van der Waals surface area (Å²) in [6, 6.07) is 14.3. The Morgan fingerprint density at radius 2 is 1.79 bits per heavy atom. The Bertz CT molecular complexity index is 934. The number of nitrogens with one attached hydrogen (secondary N) is 1. The molecule has 0 aliphatic heterocycles. The summed E-state index contributed by atoms with van der Waals surface area (Å²) in [6.07, 6.45) is -4.74. The minimum Gasteiger partial charge on any atom is -0.406 e. The lowest BCUT2D eigenvalue weighted by Gasteiger charge is -2.10. The highest BCUT2D eigenvalue weighted by Gasteiger charge is 2.31. The molecule has 146 valence electrons. The number of carbonyl (C=O) groups excluding carboxylic acids is 1. The molecule has 3 rings (SSSR count). The van der Waals surface area contributed by atoms with Gasteiger partial charge < -0.3 is 15.8 Å². The van der Waals surface area contributed by atoms with Crippen molar-refractivity contribution in [2.24, 2.45) is 5.73 Å². The number of anilines is 2. The fourth-order valence-corrected chi connectivity index (χ4v) is 4.10. The van der Waals surface area contributed by atoms with Gasteiger partial charge in [0.2, 0.25) is 11.0 Å². The molecule has 1 atom stereocenters. The number of rotatable bonds is 7. The fraction of sp³-hybridized carbons (Fsp3) is 0.118. The van der Waals surface area contributed by atoms with Crippen LogP contribution in [0.15, 0.2) is 58.9 Å². The van der Waals surface area contributed by atoms with Crippen molar-refractivity contribution in [2.45, 2.75) is 16.0 Å². The Morgan fingerprint density at radius 1 is 1.11 bits per heavy atom. The van der Waals surface area contributed by atoms with E-state index in [1.165, 1.54) is 47.4 Å².